The Bertz CT molecular complexity index is 987. The van der Waals surface area contributed by atoms with Gasteiger partial charge in [-0.15, -0.1) is 0 Å². The number of benzene rings is 1. The number of hydrogen-bond donors (Lipinski definition) is 0. The molecular formula is C18H16ClFN6O. The first-order valence-electron chi connectivity index (χ1n) is 8.44. The van der Waals surface area contributed by atoms with Gasteiger partial charge in [-0.05, 0) is 12.1 Å². The van der Waals surface area contributed by atoms with E-state index < -0.39 is 5.82 Å². The normalized spacial score (nSPS) is 14.4. The molecule has 1 aliphatic heterocycles. The molecule has 138 valence electrons. The van der Waals surface area contributed by atoms with E-state index in [9.17, 15) is 9.18 Å². The molecule has 0 bridgehead atoms. The summed E-state index contributed by atoms with van der Waals surface area (Å²) in [5.74, 6) is 0.0222. The van der Waals surface area contributed by atoms with E-state index in [1.165, 1.54) is 4.68 Å². The first-order valence-corrected chi connectivity index (χ1v) is 8.82. The third-order valence-corrected chi connectivity index (χ3v) is 4.77. The van der Waals surface area contributed by atoms with Crippen molar-refractivity contribution in [2.24, 2.45) is 0 Å². The van der Waals surface area contributed by atoms with Gasteiger partial charge < -0.3 is 9.80 Å². The van der Waals surface area contributed by atoms with Crippen LogP contribution in [0, 0.1) is 5.82 Å². The second kappa shape index (κ2) is 7.32. The molecule has 3 aromatic rings. The lowest BCUT2D eigenvalue weighted by molar-refractivity contribution is 0.602. The predicted molar refractivity (Wildman–Crippen MR) is 101 cm³/mol. The summed E-state index contributed by atoms with van der Waals surface area (Å²) in [6, 6.07) is 9.14. The molecule has 0 spiro atoms. The van der Waals surface area contributed by atoms with Gasteiger partial charge in [0, 0.05) is 26.2 Å². The Kier molecular flexibility index (Phi) is 4.72. The minimum absolute atomic E-state index is 0.139. The van der Waals surface area contributed by atoms with Crippen molar-refractivity contribution in [2.45, 2.75) is 0 Å². The van der Waals surface area contributed by atoms with Crippen LogP contribution in [0.4, 0.5) is 16.0 Å². The first kappa shape index (κ1) is 17.4. The number of piperazine rings is 1. The number of nitrogens with zero attached hydrogens (tertiary/aromatic N) is 6. The maximum Gasteiger partial charge on any atom is 0.292 e. The second-order valence-electron chi connectivity index (χ2n) is 6.07. The maximum atomic E-state index is 13.0. The van der Waals surface area contributed by atoms with Gasteiger partial charge in [0.15, 0.2) is 5.82 Å². The molecule has 1 saturated heterocycles. The third-order valence-electron chi connectivity index (χ3n) is 4.41. The fraction of sp³-hybridized carbons (Fsp3) is 0.222. The largest absolute Gasteiger partial charge is 0.365 e. The summed E-state index contributed by atoms with van der Waals surface area (Å²) in [4.78, 5) is 24.6. The lowest BCUT2D eigenvalue weighted by atomic mass is 10.3. The quantitative estimate of drug-likeness (QED) is 0.687. The lowest BCUT2D eigenvalue weighted by Gasteiger charge is -2.36. The van der Waals surface area contributed by atoms with Crippen LogP contribution in [0.25, 0.3) is 5.69 Å². The van der Waals surface area contributed by atoms with Gasteiger partial charge in [0.2, 0.25) is 5.95 Å². The van der Waals surface area contributed by atoms with E-state index in [1.54, 1.807) is 18.3 Å². The third kappa shape index (κ3) is 3.48. The number of hydrogen-bond acceptors (Lipinski definition) is 6. The highest BCUT2D eigenvalue weighted by Gasteiger charge is 2.22. The van der Waals surface area contributed by atoms with Crippen LogP contribution in [0.1, 0.15) is 0 Å². The summed E-state index contributed by atoms with van der Waals surface area (Å²) in [5.41, 5.74) is 0.910. The number of aromatic nitrogens is 4. The van der Waals surface area contributed by atoms with Crippen LogP contribution < -0.4 is 15.4 Å². The Labute approximate surface area is 159 Å². The highest BCUT2D eigenvalue weighted by molar-refractivity contribution is 6.33. The van der Waals surface area contributed by atoms with Crippen LogP contribution in [-0.2, 0) is 0 Å². The Balaban J connectivity index is 1.52. The standard InChI is InChI=1S/C18H16ClFN6O/c19-16-15(12-23-26(17(16)27)14-4-2-1-3-5-14)24-6-8-25(9-7-24)18-21-10-13(20)11-22-18/h1-5,10-12H,6-9H2. The second-order valence-corrected chi connectivity index (χ2v) is 6.45. The van der Waals surface area contributed by atoms with Gasteiger partial charge in [-0.1, -0.05) is 29.8 Å². The summed E-state index contributed by atoms with van der Waals surface area (Å²) in [7, 11) is 0. The molecule has 0 amide bonds. The average Bonchev–Trinajstić information content (AvgIpc) is 2.71. The van der Waals surface area contributed by atoms with Crippen molar-refractivity contribution in [3.8, 4) is 5.69 Å². The van der Waals surface area contributed by atoms with Crippen molar-refractivity contribution in [1.29, 1.82) is 0 Å². The molecule has 1 aromatic carbocycles. The summed E-state index contributed by atoms with van der Waals surface area (Å²) in [6.07, 6.45) is 3.91. The summed E-state index contributed by atoms with van der Waals surface area (Å²) in [5, 5.41) is 4.41. The number of halogens is 2. The maximum absolute atomic E-state index is 13.0. The van der Waals surface area contributed by atoms with Gasteiger partial charge in [0.05, 0.1) is 30.0 Å². The molecule has 0 N–H and O–H groups in total. The molecule has 9 heteroatoms. The van der Waals surface area contributed by atoms with Gasteiger partial charge in [-0.3, -0.25) is 4.79 Å². The Morgan fingerprint density at radius 1 is 0.926 bits per heavy atom. The molecule has 2 aromatic heterocycles. The molecule has 1 fully saturated rings. The average molecular weight is 387 g/mol. The molecule has 1 aliphatic rings. The predicted octanol–water partition coefficient (Wildman–Crippen LogP) is 2.14. The Hall–Kier alpha value is -3.00. The van der Waals surface area contributed by atoms with Gasteiger partial charge in [-0.25, -0.2) is 14.4 Å². The van der Waals surface area contributed by atoms with Crippen LogP contribution in [0.5, 0.6) is 0 Å². The van der Waals surface area contributed by atoms with Crippen molar-refractivity contribution in [3.63, 3.8) is 0 Å². The minimum Gasteiger partial charge on any atom is -0.365 e. The van der Waals surface area contributed by atoms with E-state index in [-0.39, 0.29) is 10.6 Å². The van der Waals surface area contributed by atoms with Crippen molar-refractivity contribution in [2.75, 3.05) is 36.0 Å². The molecule has 0 radical (unpaired) electrons. The Morgan fingerprint density at radius 3 is 2.22 bits per heavy atom. The zero-order valence-electron chi connectivity index (χ0n) is 14.3. The molecule has 0 unspecified atom stereocenters. The summed E-state index contributed by atoms with van der Waals surface area (Å²) >= 11 is 6.36. The minimum atomic E-state index is -0.464. The molecule has 0 aliphatic carbocycles. The molecule has 3 heterocycles. The van der Waals surface area contributed by atoms with E-state index in [1.807, 2.05) is 28.0 Å². The van der Waals surface area contributed by atoms with Crippen LogP contribution in [0.3, 0.4) is 0 Å². The zero-order chi connectivity index (χ0) is 18.8. The molecule has 0 saturated carbocycles. The monoisotopic (exact) mass is 386 g/mol. The fourth-order valence-corrected chi connectivity index (χ4v) is 3.26. The summed E-state index contributed by atoms with van der Waals surface area (Å²) < 4.78 is 14.3. The fourth-order valence-electron chi connectivity index (χ4n) is 3.01. The van der Waals surface area contributed by atoms with Crippen LogP contribution in [0.15, 0.2) is 53.7 Å². The molecular weight excluding hydrogens is 371 g/mol. The van der Waals surface area contributed by atoms with Gasteiger partial charge in [-0.2, -0.15) is 9.78 Å². The highest BCUT2D eigenvalue weighted by atomic mass is 35.5. The van der Waals surface area contributed by atoms with E-state index in [0.717, 1.165) is 12.4 Å². The van der Waals surface area contributed by atoms with Gasteiger partial charge in [0.1, 0.15) is 5.02 Å². The van der Waals surface area contributed by atoms with Gasteiger partial charge >= 0.3 is 0 Å². The number of para-hydroxylation sites is 1. The van der Waals surface area contributed by atoms with E-state index in [2.05, 4.69) is 15.1 Å². The summed E-state index contributed by atoms with van der Waals surface area (Å²) in [6.45, 7) is 2.50. The van der Waals surface area contributed by atoms with Crippen molar-refractivity contribution < 1.29 is 4.39 Å². The zero-order valence-corrected chi connectivity index (χ0v) is 15.1. The smallest absolute Gasteiger partial charge is 0.292 e. The van der Waals surface area contributed by atoms with Crippen LogP contribution >= 0.6 is 11.6 Å². The molecule has 7 nitrogen and oxygen atoms in total. The van der Waals surface area contributed by atoms with E-state index in [4.69, 9.17) is 11.6 Å². The van der Waals surface area contributed by atoms with Crippen LogP contribution in [-0.4, -0.2) is 45.9 Å². The van der Waals surface area contributed by atoms with Crippen molar-refractivity contribution >= 4 is 23.2 Å². The van der Waals surface area contributed by atoms with E-state index >= 15 is 0 Å². The van der Waals surface area contributed by atoms with Crippen molar-refractivity contribution in [3.05, 3.63) is 70.1 Å². The molecule has 4 rings (SSSR count). The lowest BCUT2D eigenvalue weighted by Crippen LogP contribution is -2.47. The van der Waals surface area contributed by atoms with E-state index in [0.29, 0.717) is 43.5 Å². The molecule has 27 heavy (non-hydrogen) atoms. The van der Waals surface area contributed by atoms with Crippen LogP contribution in [0.2, 0.25) is 5.02 Å². The molecule has 0 atom stereocenters. The Morgan fingerprint density at radius 2 is 1.56 bits per heavy atom. The SMILES string of the molecule is O=c1c(Cl)c(N2CCN(c3ncc(F)cn3)CC2)cnn1-c1ccccc1. The first-order chi connectivity index (χ1) is 13.1. The van der Waals surface area contributed by atoms with Gasteiger partial charge in [0.25, 0.3) is 5.56 Å². The number of rotatable bonds is 3. The topological polar surface area (TPSA) is 67.2 Å². The highest BCUT2D eigenvalue weighted by Crippen LogP contribution is 2.23. The number of anilines is 2. The van der Waals surface area contributed by atoms with Crippen molar-refractivity contribution in [1.82, 2.24) is 19.7 Å².